The average molecular weight is 809 g/mol. The Morgan fingerprint density at radius 2 is 0.881 bits per heavy atom. The Balaban J connectivity index is 0.000000340. The quantitative estimate of drug-likeness (QED) is 0.0420. The van der Waals surface area contributed by atoms with Gasteiger partial charge in [-0.25, -0.2) is 9.59 Å². The number of ether oxygens (including phenoxy) is 7. The first kappa shape index (κ1) is 46.1. The molecule has 0 heterocycles. The number of hydrogen-bond acceptors (Lipinski definition) is 11. The second-order valence-corrected chi connectivity index (χ2v) is 13.0. The van der Waals surface area contributed by atoms with Gasteiger partial charge in [0.25, 0.3) is 0 Å². The minimum absolute atomic E-state index is 0.237. The first-order valence-corrected chi connectivity index (χ1v) is 19.7. The minimum atomic E-state index is -0.952. The predicted octanol–water partition coefficient (Wildman–Crippen LogP) is 6.91. The number of benzene rings is 5. The first-order chi connectivity index (χ1) is 29.0. The van der Waals surface area contributed by atoms with Gasteiger partial charge < -0.3 is 44.0 Å². The van der Waals surface area contributed by atoms with Crippen molar-refractivity contribution < 1.29 is 47.9 Å². The molecule has 0 bridgehead atoms. The van der Waals surface area contributed by atoms with E-state index in [1.165, 1.54) is 23.3 Å². The summed E-state index contributed by atoms with van der Waals surface area (Å²) in [5.41, 5.74) is 9.52. The minimum Gasteiger partial charge on any atom is -0.491 e. The standard InChI is InChI=1S/C34H37NO5.C13H19NO5/c36-34(40-28-31-14-8-3-9-15-31)32-16-18-33(19-17-32)39-25-24-38-23-22-37-21-20-35(26-29-10-4-1-5-11-29)27-30-12-6-2-7-13-30;14-5-6-17-7-8-18-9-10-19-12-3-1-11(2-4-12)13(15)16/h1-19H,20-28H2;1-4H,5-10,14H2,(H,15,16). The summed E-state index contributed by atoms with van der Waals surface area (Å²) in [6, 6.07) is 43.8. The van der Waals surface area contributed by atoms with Crippen LogP contribution in [-0.4, -0.2) is 101 Å². The lowest BCUT2D eigenvalue weighted by molar-refractivity contribution is 0.0279. The van der Waals surface area contributed by atoms with Crippen molar-refractivity contribution in [2.45, 2.75) is 19.7 Å². The van der Waals surface area contributed by atoms with Crippen LogP contribution in [0.5, 0.6) is 11.5 Å². The molecule has 0 aliphatic heterocycles. The number of carbonyl (C=O) groups excluding carboxylic acids is 1. The van der Waals surface area contributed by atoms with Gasteiger partial charge in [0.05, 0.1) is 64.0 Å². The molecule has 0 atom stereocenters. The Morgan fingerprint density at radius 1 is 0.475 bits per heavy atom. The fourth-order valence-corrected chi connectivity index (χ4v) is 5.44. The van der Waals surface area contributed by atoms with Crippen LogP contribution in [0.15, 0.2) is 140 Å². The Kier molecular flexibility index (Phi) is 22.5. The lowest BCUT2D eigenvalue weighted by atomic mass is 10.1. The summed E-state index contributed by atoms with van der Waals surface area (Å²) >= 11 is 0. The molecule has 3 N–H and O–H groups in total. The maximum atomic E-state index is 12.2. The van der Waals surface area contributed by atoms with Gasteiger partial charge in [-0.1, -0.05) is 91.0 Å². The van der Waals surface area contributed by atoms with Crippen LogP contribution in [0.2, 0.25) is 0 Å². The second-order valence-electron chi connectivity index (χ2n) is 13.0. The number of hydrogen-bond donors (Lipinski definition) is 2. The molecule has 0 saturated carbocycles. The molecule has 5 rings (SSSR count). The van der Waals surface area contributed by atoms with Crippen molar-refractivity contribution in [3.63, 3.8) is 0 Å². The molecule has 5 aromatic carbocycles. The van der Waals surface area contributed by atoms with Crippen LogP contribution in [-0.2, 0) is 43.4 Å². The molecule has 314 valence electrons. The van der Waals surface area contributed by atoms with Gasteiger partial charge in [0.1, 0.15) is 31.3 Å². The molecular weight excluding hydrogens is 753 g/mol. The Labute approximate surface area is 347 Å². The monoisotopic (exact) mass is 808 g/mol. The molecule has 0 aliphatic carbocycles. The van der Waals surface area contributed by atoms with Crippen molar-refractivity contribution in [2.24, 2.45) is 5.73 Å². The smallest absolute Gasteiger partial charge is 0.338 e. The maximum Gasteiger partial charge on any atom is 0.338 e. The third-order valence-electron chi connectivity index (χ3n) is 8.45. The third kappa shape index (κ3) is 20.1. The molecule has 12 heteroatoms. The molecule has 0 amide bonds. The van der Waals surface area contributed by atoms with E-state index in [4.69, 9.17) is 44.0 Å². The van der Waals surface area contributed by atoms with E-state index in [1.54, 1.807) is 36.4 Å². The zero-order valence-corrected chi connectivity index (χ0v) is 33.5. The highest BCUT2D eigenvalue weighted by Gasteiger charge is 2.09. The number of carboxylic acid groups (broad SMARTS) is 1. The Hall–Kier alpha value is -5.60. The molecule has 0 radical (unpaired) electrons. The number of nitrogens with two attached hydrogens (primary N) is 1. The third-order valence-corrected chi connectivity index (χ3v) is 8.45. The van der Waals surface area contributed by atoms with E-state index in [0.717, 1.165) is 25.2 Å². The number of carbonyl (C=O) groups is 2. The summed E-state index contributed by atoms with van der Waals surface area (Å²) in [4.78, 5) is 25.3. The number of nitrogens with zero attached hydrogens (tertiary/aromatic N) is 1. The topological polar surface area (TPSA) is 148 Å². The molecule has 59 heavy (non-hydrogen) atoms. The van der Waals surface area contributed by atoms with Gasteiger partial charge in [0.2, 0.25) is 0 Å². The van der Waals surface area contributed by atoms with Crippen molar-refractivity contribution in [3.8, 4) is 11.5 Å². The highest BCUT2D eigenvalue weighted by atomic mass is 16.6. The second kappa shape index (κ2) is 28.7. The number of aromatic carboxylic acids is 1. The van der Waals surface area contributed by atoms with Gasteiger partial charge in [-0.15, -0.1) is 0 Å². The van der Waals surface area contributed by atoms with Crippen LogP contribution >= 0.6 is 0 Å². The van der Waals surface area contributed by atoms with E-state index in [0.29, 0.717) is 89.7 Å². The Bertz CT molecular complexity index is 1790. The summed E-state index contributed by atoms with van der Waals surface area (Å²) in [6.45, 7) is 8.31. The van der Waals surface area contributed by atoms with Crippen molar-refractivity contribution in [1.82, 2.24) is 4.90 Å². The van der Waals surface area contributed by atoms with E-state index >= 15 is 0 Å². The fourth-order valence-electron chi connectivity index (χ4n) is 5.44. The van der Waals surface area contributed by atoms with Crippen LogP contribution in [0.1, 0.15) is 37.4 Å². The van der Waals surface area contributed by atoms with Crippen molar-refractivity contribution in [1.29, 1.82) is 0 Å². The molecule has 5 aromatic rings. The zero-order chi connectivity index (χ0) is 41.6. The number of rotatable bonds is 27. The van der Waals surface area contributed by atoms with Gasteiger partial charge in [0.15, 0.2) is 0 Å². The lowest BCUT2D eigenvalue weighted by Crippen LogP contribution is -2.27. The molecule has 0 fully saturated rings. The van der Waals surface area contributed by atoms with Crippen molar-refractivity contribution >= 4 is 11.9 Å². The summed E-state index contributed by atoms with van der Waals surface area (Å²) in [5.74, 6) is -0.0151. The Morgan fingerprint density at radius 3 is 1.34 bits per heavy atom. The summed E-state index contributed by atoms with van der Waals surface area (Å²) in [7, 11) is 0. The SMILES string of the molecule is NCCOCCOCCOc1ccc(C(=O)O)cc1.O=C(OCc1ccccc1)c1ccc(OCCOCCOCCN(Cc2ccccc2)Cc2ccccc2)cc1. The highest BCUT2D eigenvalue weighted by Crippen LogP contribution is 2.15. The fraction of sp³-hybridized carbons (Fsp3) is 0.319. The van der Waals surface area contributed by atoms with Gasteiger partial charge in [-0.05, 0) is 65.2 Å². The van der Waals surface area contributed by atoms with Gasteiger partial charge in [0, 0.05) is 26.2 Å². The zero-order valence-electron chi connectivity index (χ0n) is 33.5. The number of carboxylic acids is 1. The summed E-state index contributed by atoms with van der Waals surface area (Å²) in [5, 5.41) is 8.73. The lowest BCUT2D eigenvalue weighted by Gasteiger charge is -2.22. The number of esters is 1. The van der Waals surface area contributed by atoms with E-state index in [-0.39, 0.29) is 18.1 Å². The van der Waals surface area contributed by atoms with E-state index < -0.39 is 5.97 Å². The normalized spacial score (nSPS) is 10.7. The van der Waals surface area contributed by atoms with Crippen LogP contribution in [0.4, 0.5) is 0 Å². The van der Waals surface area contributed by atoms with Crippen LogP contribution in [0.3, 0.4) is 0 Å². The van der Waals surface area contributed by atoms with Crippen molar-refractivity contribution in [3.05, 3.63) is 167 Å². The van der Waals surface area contributed by atoms with Gasteiger partial charge >= 0.3 is 11.9 Å². The van der Waals surface area contributed by atoms with Crippen LogP contribution in [0.25, 0.3) is 0 Å². The van der Waals surface area contributed by atoms with E-state index in [1.807, 2.05) is 42.5 Å². The van der Waals surface area contributed by atoms with E-state index in [2.05, 4.69) is 53.4 Å². The first-order valence-electron chi connectivity index (χ1n) is 19.7. The molecular formula is C47H56N2O10. The molecule has 0 saturated heterocycles. The summed E-state index contributed by atoms with van der Waals surface area (Å²) < 4.78 is 38.4. The van der Waals surface area contributed by atoms with E-state index in [9.17, 15) is 9.59 Å². The van der Waals surface area contributed by atoms with Crippen LogP contribution in [0, 0.1) is 0 Å². The molecule has 0 aromatic heterocycles. The van der Waals surface area contributed by atoms with Gasteiger partial charge in [-0.3, -0.25) is 4.90 Å². The van der Waals surface area contributed by atoms with Crippen LogP contribution < -0.4 is 15.2 Å². The molecule has 0 aliphatic rings. The van der Waals surface area contributed by atoms with Crippen molar-refractivity contribution in [2.75, 3.05) is 79.2 Å². The summed E-state index contributed by atoms with van der Waals surface area (Å²) in [6.07, 6.45) is 0. The predicted molar refractivity (Wildman–Crippen MR) is 226 cm³/mol. The average Bonchev–Trinajstić information content (AvgIpc) is 3.27. The molecule has 12 nitrogen and oxygen atoms in total. The molecule has 0 unspecified atom stereocenters. The largest absolute Gasteiger partial charge is 0.491 e. The molecule has 0 spiro atoms. The highest BCUT2D eigenvalue weighted by molar-refractivity contribution is 5.89. The van der Waals surface area contributed by atoms with Gasteiger partial charge in [-0.2, -0.15) is 0 Å². The maximum absolute atomic E-state index is 12.2.